The van der Waals surface area contributed by atoms with Gasteiger partial charge < -0.3 is 9.84 Å². The van der Waals surface area contributed by atoms with Crippen molar-refractivity contribution >= 4 is 15.8 Å². The molecular weight excluding hydrogens is 258 g/mol. The lowest BCUT2D eigenvalue weighted by atomic mass is 10.3. The molecule has 0 aliphatic rings. The number of pyridine rings is 1. The van der Waals surface area contributed by atoms with Gasteiger partial charge in [-0.25, -0.2) is 18.2 Å². The number of hydrogen-bond acceptors (Lipinski definition) is 5. The molecule has 1 N–H and O–H groups in total. The van der Waals surface area contributed by atoms with Crippen molar-refractivity contribution in [3.63, 3.8) is 0 Å². The molecule has 0 aromatic carbocycles. The zero-order chi connectivity index (χ0) is 13.6. The fourth-order valence-electron chi connectivity index (χ4n) is 1.29. The first kappa shape index (κ1) is 14.4. The van der Waals surface area contributed by atoms with Gasteiger partial charge in [0.15, 0.2) is 9.84 Å². The van der Waals surface area contributed by atoms with E-state index in [1.54, 1.807) is 6.92 Å². The highest BCUT2D eigenvalue weighted by atomic mass is 32.2. The lowest BCUT2D eigenvalue weighted by molar-refractivity contribution is 0.0690. The minimum atomic E-state index is -3.06. The molecule has 0 saturated heterocycles. The third-order valence-corrected chi connectivity index (χ3v) is 3.95. The number of ether oxygens (including phenoxy) is 1. The summed E-state index contributed by atoms with van der Waals surface area (Å²) in [7, 11) is -3.06. The number of rotatable bonds is 7. The minimum absolute atomic E-state index is 0.0381. The summed E-state index contributed by atoms with van der Waals surface area (Å²) in [4.78, 5) is 14.2. The number of carboxylic acids is 1. The van der Waals surface area contributed by atoms with Gasteiger partial charge >= 0.3 is 5.97 Å². The molecule has 1 rings (SSSR count). The molecule has 0 saturated carbocycles. The van der Waals surface area contributed by atoms with Gasteiger partial charge in [0.25, 0.3) is 0 Å². The van der Waals surface area contributed by atoms with Crippen LogP contribution in [0, 0.1) is 0 Å². The second-order valence-electron chi connectivity index (χ2n) is 3.68. The van der Waals surface area contributed by atoms with Crippen molar-refractivity contribution in [2.24, 2.45) is 0 Å². The minimum Gasteiger partial charge on any atom is -0.491 e. The van der Waals surface area contributed by atoms with E-state index in [1.165, 1.54) is 18.3 Å². The maximum Gasteiger partial charge on any atom is 0.354 e. The van der Waals surface area contributed by atoms with Crippen molar-refractivity contribution in [3.8, 4) is 5.75 Å². The van der Waals surface area contributed by atoms with E-state index in [9.17, 15) is 13.2 Å². The van der Waals surface area contributed by atoms with Gasteiger partial charge in [0, 0.05) is 0 Å². The Morgan fingerprint density at radius 3 is 2.61 bits per heavy atom. The molecule has 0 bridgehead atoms. The van der Waals surface area contributed by atoms with E-state index in [2.05, 4.69) is 4.98 Å². The Morgan fingerprint density at radius 1 is 1.39 bits per heavy atom. The van der Waals surface area contributed by atoms with Gasteiger partial charge in [-0.05, 0) is 18.6 Å². The third-order valence-electron chi connectivity index (χ3n) is 2.13. The number of carbonyl (C=O) groups is 1. The van der Waals surface area contributed by atoms with Crippen molar-refractivity contribution in [2.75, 3.05) is 18.1 Å². The van der Waals surface area contributed by atoms with Gasteiger partial charge in [0.1, 0.15) is 18.1 Å². The molecule has 0 aliphatic heterocycles. The van der Waals surface area contributed by atoms with Crippen molar-refractivity contribution in [3.05, 3.63) is 24.0 Å². The van der Waals surface area contributed by atoms with E-state index < -0.39 is 15.8 Å². The Morgan fingerprint density at radius 2 is 2.11 bits per heavy atom. The molecule has 1 aromatic rings. The molecule has 1 heterocycles. The van der Waals surface area contributed by atoms with Crippen LogP contribution in [0.5, 0.6) is 5.75 Å². The van der Waals surface area contributed by atoms with Crippen molar-refractivity contribution in [1.29, 1.82) is 0 Å². The average Bonchev–Trinajstić information content (AvgIpc) is 2.29. The summed E-state index contributed by atoms with van der Waals surface area (Å²) in [6.45, 7) is 1.84. The molecule has 0 fully saturated rings. The zero-order valence-corrected chi connectivity index (χ0v) is 10.8. The van der Waals surface area contributed by atoms with E-state index in [1.807, 2.05) is 0 Å². The highest BCUT2D eigenvalue weighted by Crippen LogP contribution is 2.09. The normalized spacial score (nSPS) is 11.2. The molecule has 0 radical (unpaired) electrons. The van der Waals surface area contributed by atoms with Crippen LogP contribution in [0.4, 0.5) is 0 Å². The van der Waals surface area contributed by atoms with Crippen LogP contribution in [0.1, 0.15) is 23.8 Å². The summed E-state index contributed by atoms with van der Waals surface area (Å²) < 4.78 is 28.0. The summed E-state index contributed by atoms with van der Waals surface area (Å²) >= 11 is 0. The van der Waals surface area contributed by atoms with Crippen LogP contribution in [0.3, 0.4) is 0 Å². The van der Waals surface area contributed by atoms with Crippen LogP contribution in [0.2, 0.25) is 0 Å². The fraction of sp³-hybridized carbons (Fsp3) is 0.455. The summed E-state index contributed by atoms with van der Waals surface area (Å²) in [5.74, 6) is -0.674. The summed E-state index contributed by atoms with van der Waals surface area (Å²) in [5, 5.41) is 8.63. The molecule has 100 valence electrons. The Balaban J connectivity index is 2.47. The highest BCUT2D eigenvalue weighted by Gasteiger charge is 2.09. The first-order valence-electron chi connectivity index (χ1n) is 5.47. The predicted molar refractivity (Wildman–Crippen MR) is 65.6 cm³/mol. The maximum absolute atomic E-state index is 11.4. The lowest BCUT2D eigenvalue weighted by Crippen LogP contribution is -2.16. The standard InChI is InChI=1S/C11H15NO5S/c1-2-6-18(15,16)7-5-17-9-3-4-10(11(13)14)12-8-9/h3-4,8H,2,5-7H2,1H3,(H,13,14). The van der Waals surface area contributed by atoms with Crippen molar-refractivity contribution < 1.29 is 23.1 Å². The van der Waals surface area contributed by atoms with E-state index in [4.69, 9.17) is 9.84 Å². The lowest BCUT2D eigenvalue weighted by Gasteiger charge is -2.06. The Kier molecular flexibility index (Phi) is 5.08. The van der Waals surface area contributed by atoms with Gasteiger partial charge in [-0.15, -0.1) is 0 Å². The quantitative estimate of drug-likeness (QED) is 0.796. The van der Waals surface area contributed by atoms with Crippen molar-refractivity contribution in [1.82, 2.24) is 4.98 Å². The van der Waals surface area contributed by atoms with Gasteiger partial charge in [-0.2, -0.15) is 0 Å². The van der Waals surface area contributed by atoms with Gasteiger partial charge in [0.2, 0.25) is 0 Å². The van der Waals surface area contributed by atoms with Gasteiger partial charge in [-0.1, -0.05) is 6.92 Å². The summed E-state index contributed by atoms with van der Waals surface area (Å²) in [6, 6.07) is 2.75. The SMILES string of the molecule is CCCS(=O)(=O)CCOc1ccc(C(=O)O)nc1. The molecule has 0 aliphatic carbocycles. The van der Waals surface area contributed by atoms with E-state index in [0.717, 1.165) is 0 Å². The van der Waals surface area contributed by atoms with Crippen molar-refractivity contribution in [2.45, 2.75) is 13.3 Å². The Labute approximate surface area is 106 Å². The van der Waals surface area contributed by atoms with Crippen LogP contribution >= 0.6 is 0 Å². The van der Waals surface area contributed by atoms with Crippen LogP contribution in [0.15, 0.2) is 18.3 Å². The Bertz CT molecular complexity index is 495. The highest BCUT2D eigenvalue weighted by molar-refractivity contribution is 7.91. The topological polar surface area (TPSA) is 93.6 Å². The molecule has 0 unspecified atom stereocenters. The van der Waals surface area contributed by atoms with Crippen LogP contribution in [-0.4, -0.2) is 42.6 Å². The van der Waals surface area contributed by atoms with Gasteiger partial charge in [0.05, 0.1) is 17.7 Å². The molecule has 18 heavy (non-hydrogen) atoms. The zero-order valence-electron chi connectivity index (χ0n) is 10.00. The number of carboxylic acid groups (broad SMARTS) is 1. The first-order valence-corrected chi connectivity index (χ1v) is 7.29. The van der Waals surface area contributed by atoms with Crippen LogP contribution in [0.25, 0.3) is 0 Å². The van der Waals surface area contributed by atoms with E-state index in [0.29, 0.717) is 12.2 Å². The number of sulfone groups is 1. The second kappa shape index (κ2) is 6.34. The van der Waals surface area contributed by atoms with Gasteiger partial charge in [-0.3, -0.25) is 0 Å². The van der Waals surface area contributed by atoms with E-state index >= 15 is 0 Å². The molecule has 7 heteroatoms. The molecule has 0 spiro atoms. The predicted octanol–water partition coefficient (Wildman–Crippen LogP) is 0.983. The van der Waals surface area contributed by atoms with Crippen LogP contribution in [-0.2, 0) is 9.84 Å². The molecule has 1 aromatic heterocycles. The second-order valence-corrected chi connectivity index (χ2v) is 5.99. The average molecular weight is 273 g/mol. The third kappa shape index (κ3) is 4.70. The molecule has 0 atom stereocenters. The molecule has 0 amide bonds. The summed E-state index contributed by atoms with van der Waals surface area (Å²) in [5.41, 5.74) is -0.0824. The fourth-order valence-corrected chi connectivity index (χ4v) is 2.46. The number of aromatic carboxylic acids is 1. The number of hydrogen-bond donors (Lipinski definition) is 1. The molecule has 6 nitrogen and oxygen atoms in total. The number of aromatic nitrogens is 1. The maximum atomic E-state index is 11.4. The van der Waals surface area contributed by atoms with Crippen LogP contribution < -0.4 is 4.74 Å². The smallest absolute Gasteiger partial charge is 0.354 e. The monoisotopic (exact) mass is 273 g/mol. The number of nitrogens with zero attached hydrogens (tertiary/aromatic N) is 1. The Hall–Kier alpha value is -1.63. The first-order chi connectivity index (χ1) is 8.44. The molecular formula is C11H15NO5S. The van der Waals surface area contributed by atoms with E-state index in [-0.39, 0.29) is 23.8 Å². The largest absolute Gasteiger partial charge is 0.491 e. The summed E-state index contributed by atoms with van der Waals surface area (Å²) in [6.07, 6.45) is 1.84.